The van der Waals surface area contributed by atoms with Gasteiger partial charge in [0.15, 0.2) is 0 Å². The molecule has 1 aliphatic rings. The minimum atomic E-state index is -0.209. The predicted molar refractivity (Wildman–Crippen MR) is 64.6 cm³/mol. The second-order valence-corrected chi connectivity index (χ2v) is 4.55. The Balaban J connectivity index is 1.96. The fourth-order valence-corrected chi connectivity index (χ4v) is 2.63. The van der Waals surface area contributed by atoms with Crippen LogP contribution in [0.15, 0.2) is 24.3 Å². The molecule has 16 heavy (non-hydrogen) atoms. The van der Waals surface area contributed by atoms with Crippen molar-refractivity contribution in [3.8, 4) is 0 Å². The van der Waals surface area contributed by atoms with Crippen molar-refractivity contribution >= 4 is 0 Å². The highest BCUT2D eigenvalue weighted by Gasteiger charge is 2.27. The molecule has 2 nitrogen and oxygen atoms in total. The van der Waals surface area contributed by atoms with E-state index >= 15 is 0 Å². The SMILES string of the molecule is COCCCC(O)C1CCc2ccccc21. The van der Waals surface area contributed by atoms with E-state index in [2.05, 4.69) is 24.3 Å². The van der Waals surface area contributed by atoms with Crippen LogP contribution in [-0.2, 0) is 11.2 Å². The summed E-state index contributed by atoms with van der Waals surface area (Å²) in [7, 11) is 1.71. The van der Waals surface area contributed by atoms with E-state index in [1.54, 1.807) is 7.11 Å². The molecule has 0 aliphatic heterocycles. The number of ether oxygens (including phenoxy) is 1. The van der Waals surface area contributed by atoms with Gasteiger partial charge in [0.25, 0.3) is 0 Å². The molecule has 1 aromatic rings. The number of methoxy groups -OCH3 is 1. The monoisotopic (exact) mass is 220 g/mol. The van der Waals surface area contributed by atoms with E-state index in [-0.39, 0.29) is 6.10 Å². The Labute approximate surface area is 97.3 Å². The van der Waals surface area contributed by atoms with Crippen molar-refractivity contribution in [2.45, 2.75) is 37.7 Å². The molecule has 1 aliphatic carbocycles. The van der Waals surface area contributed by atoms with Crippen LogP contribution in [0.5, 0.6) is 0 Å². The summed E-state index contributed by atoms with van der Waals surface area (Å²) in [6.07, 6.45) is 3.78. The Morgan fingerprint density at radius 1 is 1.44 bits per heavy atom. The van der Waals surface area contributed by atoms with Gasteiger partial charge in [0.05, 0.1) is 6.10 Å². The molecule has 0 amide bonds. The van der Waals surface area contributed by atoms with Crippen molar-refractivity contribution in [2.75, 3.05) is 13.7 Å². The van der Waals surface area contributed by atoms with Crippen molar-refractivity contribution in [3.63, 3.8) is 0 Å². The molecular weight excluding hydrogens is 200 g/mol. The van der Waals surface area contributed by atoms with Crippen LogP contribution in [0.3, 0.4) is 0 Å². The topological polar surface area (TPSA) is 29.5 Å². The number of rotatable bonds is 5. The third-order valence-corrected chi connectivity index (χ3v) is 3.49. The van der Waals surface area contributed by atoms with Gasteiger partial charge in [-0.25, -0.2) is 0 Å². The minimum Gasteiger partial charge on any atom is -0.392 e. The van der Waals surface area contributed by atoms with E-state index in [9.17, 15) is 5.11 Å². The van der Waals surface area contributed by atoms with Crippen molar-refractivity contribution in [2.24, 2.45) is 0 Å². The summed E-state index contributed by atoms with van der Waals surface area (Å²) < 4.78 is 5.01. The zero-order chi connectivity index (χ0) is 11.4. The molecule has 0 radical (unpaired) electrons. The quantitative estimate of drug-likeness (QED) is 0.773. The van der Waals surface area contributed by atoms with Crippen LogP contribution in [0.4, 0.5) is 0 Å². The Morgan fingerprint density at radius 2 is 2.25 bits per heavy atom. The van der Waals surface area contributed by atoms with Crippen LogP contribution < -0.4 is 0 Å². The molecule has 0 heterocycles. The first-order chi connectivity index (χ1) is 7.83. The highest BCUT2D eigenvalue weighted by molar-refractivity contribution is 5.35. The average Bonchev–Trinajstić information content (AvgIpc) is 2.73. The van der Waals surface area contributed by atoms with Gasteiger partial charge in [-0.15, -0.1) is 0 Å². The zero-order valence-electron chi connectivity index (χ0n) is 9.86. The summed E-state index contributed by atoms with van der Waals surface area (Å²) >= 11 is 0. The molecule has 0 saturated heterocycles. The van der Waals surface area contributed by atoms with E-state index in [4.69, 9.17) is 4.74 Å². The fourth-order valence-electron chi connectivity index (χ4n) is 2.63. The molecule has 2 unspecified atom stereocenters. The third kappa shape index (κ3) is 2.45. The Kier molecular flexibility index (Phi) is 3.97. The smallest absolute Gasteiger partial charge is 0.0609 e. The standard InChI is InChI=1S/C14H20O2/c1-16-10-4-7-14(15)13-9-8-11-5-2-3-6-12(11)13/h2-3,5-6,13-15H,4,7-10H2,1H3. The number of hydrogen-bond acceptors (Lipinski definition) is 2. The number of aryl methyl sites for hydroxylation is 1. The van der Waals surface area contributed by atoms with Crippen LogP contribution >= 0.6 is 0 Å². The van der Waals surface area contributed by atoms with Gasteiger partial charge in [0.2, 0.25) is 0 Å². The maximum Gasteiger partial charge on any atom is 0.0609 e. The summed E-state index contributed by atoms with van der Waals surface area (Å²) in [5.74, 6) is 0.341. The van der Waals surface area contributed by atoms with Crippen LogP contribution in [0.25, 0.3) is 0 Å². The zero-order valence-corrected chi connectivity index (χ0v) is 9.86. The van der Waals surface area contributed by atoms with Gasteiger partial charge in [0, 0.05) is 19.6 Å². The number of fused-ring (bicyclic) bond motifs is 1. The maximum absolute atomic E-state index is 10.2. The van der Waals surface area contributed by atoms with Crippen LogP contribution in [-0.4, -0.2) is 24.9 Å². The Hall–Kier alpha value is -0.860. The fraction of sp³-hybridized carbons (Fsp3) is 0.571. The van der Waals surface area contributed by atoms with E-state index in [1.165, 1.54) is 11.1 Å². The van der Waals surface area contributed by atoms with Gasteiger partial charge < -0.3 is 9.84 Å². The van der Waals surface area contributed by atoms with Crippen molar-refractivity contribution < 1.29 is 9.84 Å². The van der Waals surface area contributed by atoms with E-state index in [0.717, 1.165) is 32.3 Å². The highest BCUT2D eigenvalue weighted by atomic mass is 16.5. The molecule has 2 atom stereocenters. The van der Waals surface area contributed by atoms with E-state index < -0.39 is 0 Å². The van der Waals surface area contributed by atoms with Crippen molar-refractivity contribution in [1.29, 1.82) is 0 Å². The third-order valence-electron chi connectivity index (χ3n) is 3.49. The molecule has 0 spiro atoms. The van der Waals surface area contributed by atoms with Gasteiger partial charge >= 0.3 is 0 Å². The molecule has 0 fully saturated rings. The largest absolute Gasteiger partial charge is 0.392 e. The molecule has 0 saturated carbocycles. The van der Waals surface area contributed by atoms with Gasteiger partial charge in [-0.2, -0.15) is 0 Å². The minimum absolute atomic E-state index is 0.209. The maximum atomic E-state index is 10.2. The van der Waals surface area contributed by atoms with Crippen LogP contribution in [0.1, 0.15) is 36.3 Å². The van der Waals surface area contributed by atoms with Crippen LogP contribution in [0, 0.1) is 0 Å². The normalized spacial score (nSPS) is 20.8. The Bertz CT molecular complexity index is 335. The first kappa shape index (κ1) is 11.6. The summed E-state index contributed by atoms with van der Waals surface area (Å²) in [4.78, 5) is 0. The van der Waals surface area contributed by atoms with E-state index in [1.807, 2.05) is 0 Å². The predicted octanol–water partition coefficient (Wildman–Crippen LogP) is 2.50. The lowest BCUT2D eigenvalue weighted by Crippen LogP contribution is -2.17. The van der Waals surface area contributed by atoms with Crippen LogP contribution in [0.2, 0.25) is 0 Å². The van der Waals surface area contributed by atoms with Crippen molar-refractivity contribution in [3.05, 3.63) is 35.4 Å². The molecule has 0 aromatic heterocycles. The molecule has 0 bridgehead atoms. The number of hydrogen-bond donors (Lipinski definition) is 1. The van der Waals surface area contributed by atoms with Gasteiger partial charge in [0.1, 0.15) is 0 Å². The lowest BCUT2D eigenvalue weighted by Gasteiger charge is -2.19. The van der Waals surface area contributed by atoms with Gasteiger partial charge in [-0.05, 0) is 36.8 Å². The van der Waals surface area contributed by atoms with E-state index in [0.29, 0.717) is 5.92 Å². The average molecular weight is 220 g/mol. The molecular formula is C14H20O2. The molecule has 88 valence electrons. The van der Waals surface area contributed by atoms with Crippen molar-refractivity contribution in [1.82, 2.24) is 0 Å². The molecule has 2 heteroatoms. The summed E-state index contributed by atoms with van der Waals surface area (Å²) in [6.45, 7) is 0.741. The Morgan fingerprint density at radius 3 is 3.06 bits per heavy atom. The lowest BCUT2D eigenvalue weighted by molar-refractivity contribution is 0.113. The summed E-state index contributed by atoms with van der Waals surface area (Å²) in [5, 5.41) is 10.2. The molecule has 1 aromatic carbocycles. The highest BCUT2D eigenvalue weighted by Crippen LogP contribution is 2.36. The number of benzene rings is 1. The van der Waals surface area contributed by atoms with Gasteiger partial charge in [-0.3, -0.25) is 0 Å². The molecule has 2 rings (SSSR count). The first-order valence-corrected chi connectivity index (χ1v) is 6.07. The first-order valence-electron chi connectivity index (χ1n) is 6.07. The summed E-state index contributed by atoms with van der Waals surface area (Å²) in [6, 6.07) is 8.49. The second-order valence-electron chi connectivity index (χ2n) is 4.55. The molecule has 1 N–H and O–H groups in total. The summed E-state index contributed by atoms with van der Waals surface area (Å²) in [5.41, 5.74) is 2.77. The lowest BCUT2D eigenvalue weighted by atomic mass is 9.92. The van der Waals surface area contributed by atoms with Gasteiger partial charge in [-0.1, -0.05) is 24.3 Å². The number of aliphatic hydroxyl groups is 1. The number of aliphatic hydroxyl groups excluding tert-OH is 1. The second kappa shape index (κ2) is 5.46.